The smallest absolute Gasteiger partial charge is 0.254 e. The summed E-state index contributed by atoms with van der Waals surface area (Å²) in [5, 5.41) is 11.1. The maximum Gasteiger partial charge on any atom is 0.254 e. The van der Waals surface area contributed by atoms with Crippen LogP contribution in [0.1, 0.15) is 34.7 Å². The third-order valence-corrected chi connectivity index (χ3v) is 2.04. The van der Waals surface area contributed by atoms with E-state index in [1.54, 1.807) is 19.9 Å². The molecular weight excluding hydrogens is 192 g/mol. The zero-order chi connectivity index (χ0) is 11.3. The van der Waals surface area contributed by atoms with Crippen LogP contribution >= 0.6 is 0 Å². The summed E-state index contributed by atoms with van der Waals surface area (Å²) in [7, 11) is 0. The Morgan fingerprint density at radius 1 is 1.60 bits per heavy atom. The van der Waals surface area contributed by atoms with Gasteiger partial charge in [-0.3, -0.25) is 4.79 Å². The van der Waals surface area contributed by atoms with Gasteiger partial charge in [-0.05, 0) is 26.3 Å². The van der Waals surface area contributed by atoms with Crippen LogP contribution in [0.15, 0.2) is 10.5 Å². The molecule has 1 heterocycles. The Morgan fingerprint density at radius 3 is 2.87 bits per heavy atom. The molecule has 1 N–H and O–H groups in total. The van der Waals surface area contributed by atoms with Gasteiger partial charge in [0.1, 0.15) is 11.5 Å². The van der Waals surface area contributed by atoms with Crippen molar-refractivity contribution in [1.82, 2.24) is 5.32 Å². The Labute approximate surface area is 88.9 Å². The fourth-order valence-corrected chi connectivity index (χ4v) is 1.32. The van der Waals surface area contributed by atoms with E-state index in [4.69, 9.17) is 9.68 Å². The molecule has 1 aromatic heterocycles. The minimum absolute atomic E-state index is 0.137. The second-order valence-electron chi connectivity index (χ2n) is 3.34. The number of carbonyl (C=O) groups excluding carboxylic acids is 1. The van der Waals surface area contributed by atoms with Gasteiger partial charge in [-0.25, -0.2) is 0 Å². The van der Waals surface area contributed by atoms with Crippen molar-refractivity contribution in [2.75, 3.05) is 6.54 Å². The molecule has 1 rings (SSSR count). The predicted molar refractivity (Wildman–Crippen MR) is 55.4 cm³/mol. The fourth-order valence-electron chi connectivity index (χ4n) is 1.32. The molecule has 0 aliphatic heterocycles. The van der Waals surface area contributed by atoms with E-state index in [0.717, 1.165) is 5.76 Å². The van der Waals surface area contributed by atoms with Gasteiger partial charge in [0, 0.05) is 13.0 Å². The highest BCUT2D eigenvalue weighted by molar-refractivity contribution is 5.95. The standard InChI is InChI=1S/C11H14N2O2/c1-8-7-10(9(2)15-8)11(14)13-6-4-3-5-12/h7H,3-4,6H2,1-2H3,(H,13,14). The second-order valence-corrected chi connectivity index (χ2v) is 3.34. The van der Waals surface area contributed by atoms with E-state index in [1.165, 1.54) is 0 Å². The van der Waals surface area contributed by atoms with Gasteiger partial charge in [-0.2, -0.15) is 5.26 Å². The molecular formula is C11H14N2O2. The first-order chi connectivity index (χ1) is 7.15. The third kappa shape index (κ3) is 3.13. The van der Waals surface area contributed by atoms with Crippen LogP contribution in [-0.2, 0) is 0 Å². The van der Waals surface area contributed by atoms with Crippen molar-refractivity contribution in [3.8, 4) is 6.07 Å². The molecule has 15 heavy (non-hydrogen) atoms. The molecule has 0 atom stereocenters. The average molecular weight is 206 g/mol. The van der Waals surface area contributed by atoms with E-state index in [2.05, 4.69) is 5.32 Å². The van der Waals surface area contributed by atoms with Crippen molar-refractivity contribution in [3.63, 3.8) is 0 Å². The summed E-state index contributed by atoms with van der Waals surface area (Å²) in [6, 6.07) is 3.74. The number of nitrogens with zero attached hydrogens (tertiary/aromatic N) is 1. The molecule has 0 fully saturated rings. The molecule has 0 spiro atoms. The van der Waals surface area contributed by atoms with E-state index in [0.29, 0.717) is 30.7 Å². The SMILES string of the molecule is Cc1cc(C(=O)NCCCC#N)c(C)o1. The first-order valence-electron chi connectivity index (χ1n) is 4.87. The summed E-state index contributed by atoms with van der Waals surface area (Å²) in [6.45, 7) is 4.09. The van der Waals surface area contributed by atoms with E-state index in [9.17, 15) is 4.79 Å². The van der Waals surface area contributed by atoms with Crippen LogP contribution in [0.2, 0.25) is 0 Å². The van der Waals surface area contributed by atoms with Gasteiger partial charge in [0.25, 0.3) is 5.91 Å². The van der Waals surface area contributed by atoms with Gasteiger partial charge < -0.3 is 9.73 Å². The van der Waals surface area contributed by atoms with E-state index >= 15 is 0 Å². The number of unbranched alkanes of at least 4 members (excludes halogenated alkanes) is 1. The quantitative estimate of drug-likeness (QED) is 0.765. The molecule has 80 valence electrons. The van der Waals surface area contributed by atoms with E-state index in [1.807, 2.05) is 6.07 Å². The Bertz CT molecular complexity index is 388. The number of rotatable bonds is 4. The van der Waals surface area contributed by atoms with Gasteiger partial charge in [-0.1, -0.05) is 0 Å². The Balaban J connectivity index is 2.48. The minimum atomic E-state index is -0.137. The Kier molecular flexibility index (Phi) is 3.92. The first kappa shape index (κ1) is 11.3. The fraction of sp³-hybridized carbons (Fsp3) is 0.455. The second kappa shape index (κ2) is 5.20. The summed E-state index contributed by atoms with van der Waals surface area (Å²) >= 11 is 0. The lowest BCUT2D eigenvalue weighted by Gasteiger charge is -2.01. The maximum atomic E-state index is 11.6. The van der Waals surface area contributed by atoms with Gasteiger partial charge in [0.05, 0.1) is 11.6 Å². The normalized spacial score (nSPS) is 9.67. The van der Waals surface area contributed by atoms with E-state index in [-0.39, 0.29) is 5.91 Å². The number of aryl methyl sites for hydroxylation is 2. The number of nitrogens with one attached hydrogen (secondary N) is 1. The van der Waals surface area contributed by atoms with Crippen molar-refractivity contribution < 1.29 is 9.21 Å². The van der Waals surface area contributed by atoms with Crippen LogP contribution in [0.5, 0.6) is 0 Å². The number of amides is 1. The number of hydrogen-bond acceptors (Lipinski definition) is 3. The van der Waals surface area contributed by atoms with Crippen LogP contribution in [0.4, 0.5) is 0 Å². The van der Waals surface area contributed by atoms with Crippen molar-refractivity contribution in [3.05, 3.63) is 23.2 Å². The average Bonchev–Trinajstić information content (AvgIpc) is 2.52. The van der Waals surface area contributed by atoms with Gasteiger partial charge in [0.2, 0.25) is 0 Å². The van der Waals surface area contributed by atoms with E-state index < -0.39 is 0 Å². The molecule has 0 saturated heterocycles. The zero-order valence-electron chi connectivity index (χ0n) is 8.96. The van der Waals surface area contributed by atoms with Gasteiger partial charge in [-0.15, -0.1) is 0 Å². The molecule has 0 saturated carbocycles. The summed E-state index contributed by atoms with van der Waals surface area (Å²) in [6.07, 6.45) is 1.14. The summed E-state index contributed by atoms with van der Waals surface area (Å²) < 4.78 is 5.25. The number of hydrogen-bond donors (Lipinski definition) is 1. The predicted octanol–water partition coefficient (Wildman–Crippen LogP) is 1.93. The highest BCUT2D eigenvalue weighted by Gasteiger charge is 2.12. The lowest BCUT2D eigenvalue weighted by atomic mass is 10.2. The number of furan rings is 1. The van der Waals surface area contributed by atoms with Crippen LogP contribution < -0.4 is 5.32 Å². The molecule has 0 aliphatic rings. The molecule has 1 aromatic rings. The van der Waals surface area contributed by atoms with Crippen molar-refractivity contribution in [1.29, 1.82) is 5.26 Å². The Hall–Kier alpha value is -1.76. The van der Waals surface area contributed by atoms with Crippen molar-refractivity contribution in [2.45, 2.75) is 26.7 Å². The zero-order valence-corrected chi connectivity index (χ0v) is 8.96. The summed E-state index contributed by atoms with van der Waals surface area (Å²) in [4.78, 5) is 11.6. The summed E-state index contributed by atoms with van der Waals surface area (Å²) in [5.41, 5.74) is 0.574. The van der Waals surface area contributed by atoms with Crippen LogP contribution in [0, 0.1) is 25.2 Å². The first-order valence-corrected chi connectivity index (χ1v) is 4.87. The highest BCUT2D eigenvalue weighted by Crippen LogP contribution is 2.13. The molecule has 0 aliphatic carbocycles. The van der Waals surface area contributed by atoms with Gasteiger partial charge in [0.15, 0.2) is 0 Å². The largest absolute Gasteiger partial charge is 0.466 e. The molecule has 4 heteroatoms. The topological polar surface area (TPSA) is 66.0 Å². The van der Waals surface area contributed by atoms with Crippen LogP contribution in [0.3, 0.4) is 0 Å². The summed E-state index contributed by atoms with van der Waals surface area (Å²) in [5.74, 6) is 1.22. The van der Waals surface area contributed by atoms with Gasteiger partial charge >= 0.3 is 0 Å². The molecule has 0 bridgehead atoms. The molecule has 0 unspecified atom stereocenters. The molecule has 0 radical (unpaired) electrons. The van der Waals surface area contributed by atoms with Crippen LogP contribution in [0.25, 0.3) is 0 Å². The van der Waals surface area contributed by atoms with Crippen molar-refractivity contribution >= 4 is 5.91 Å². The molecule has 4 nitrogen and oxygen atoms in total. The van der Waals surface area contributed by atoms with Crippen LogP contribution in [-0.4, -0.2) is 12.5 Å². The number of nitriles is 1. The maximum absolute atomic E-state index is 11.6. The lowest BCUT2D eigenvalue weighted by molar-refractivity contribution is 0.0952. The Morgan fingerprint density at radius 2 is 2.33 bits per heavy atom. The minimum Gasteiger partial charge on any atom is -0.466 e. The molecule has 1 amide bonds. The lowest BCUT2D eigenvalue weighted by Crippen LogP contribution is -2.24. The van der Waals surface area contributed by atoms with Crippen molar-refractivity contribution in [2.24, 2.45) is 0 Å². The monoisotopic (exact) mass is 206 g/mol. The number of carbonyl (C=O) groups is 1. The highest BCUT2D eigenvalue weighted by atomic mass is 16.3. The third-order valence-electron chi connectivity index (χ3n) is 2.04. The molecule has 0 aromatic carbocycles.